The molecule has 1 heterocycles. The molecule has 3 rings (SSSR count). The van der Waals surface area contributed by atoms with Gasteiger partial charge in [0.05, 0.1) is 11.6 Å². The van der Waals surface area contributed by atoms with E-state index < -0.39 is 46.9 Å². The molecule has 2 atom stereocenters. The molecule has 1 aromatic carbocycles. The summed E-state index contributed by atoms with van der Waals surface area (Å²) in [6.07, 6.45) is -7.68. The molecule has 4 N–H and O–H groups in total. The lowest BCUT2D eigenvalue weighted by Gasteiger charge is -2.31. The Bertz CT molecular complexity index is 1280. The highest BCUT2D eigenvalue weighted by molar-refractivity contribution is 6.32. The van der Waals surface area contributed by atoms with Crippen LogP contribution in [0.1, 0.15) is 36.5 Å². The monoisotopic (exact) mass is 578 g/mol. The van der Waals surface area contributed by atoms with Crippen molar-refractivity contribution in [2.24, 2.45) is 16.8 Å². The van der Waals surface area contributed by atoms with E-state index in [2.05, 4.69) is 10.3 Å². The predicted octanol–water partition coefficient (Wildman–Crippen LogP) is 5.28. The van der Waals surface area contributed by atoms with E-state index in [1.165, 1.54) is 31.6 Å². The molecule has 6 nitrogen and oxygen atoms in total. The number of alkyl halides is 7. The third-order valence-corrected chi connectivity index (χ3v) is 7.19. The van der Waals surface area contributed by atoms with Crippen LogP contribution in [0.25, 0.3) is 0 Å². The van der Waals surface area contributed by atoms with Gasteiger partial charge in [-0.05, 0) is 38.8 Å². The average molecular weight is 579 g/mol. The van der Waals surface area contributed by atoms with Crippen molar-refractivity contribution >= 4 is 35.6 Å². The third kappa shape index (κ3) is 5.58. The zero-order chi connectivity index (χ0) is 29.6. The van der Waals surface area contributed by atoms with Gasteiger partial charge in [-0.2, -0.15) is 31.6 Å². The van der Waals surface area contributed by atoms with E-state index in [4.69, 9.17) is 17.0 Å². The van der Waals surface area contributed by atoms with E-state index in [0.717, 1.165) is 6.21 Å². The van der Waals surface area contributed by atoms with E-state index in [1.54, 1.807) is 6.92 Å². The Kier molecular flexibility index (Phi) is 8.07. The van der Waals surface area contributed by atoms with Crippen LogP contribution in [0.2, 0.25) is 0 Å². The first-order chi connectivity index (χ1) is 17.9. The topological polar surface area (TPSA) is 106 Å². The first kappa shape index (κ1) is 30.3. The summed E-state index contributed by atoms with van der Waals surface area (Å²) >= 11 is 6.17. The van der Waals surface area contributed by atoms with Gasteiger partial charge in [-0.3, -0.25) is 10.1 Å². The van der Waals surface area contributed by atoms with Crippen LogP contribution >= 0.6 is 11.6 Å². The van der Waals surface area contributed by atoms with Gasteiger partial charge in [-0.1, -0.05) is 18.5 Å². The molecule has 0 spiro atoms. The van der Waals surface area contributed by atoms with Gasteiger partial charge in [0.1, 0.15) is 22.6 Å². The van der Waals surface area contributed by atoms with Gasteiger partial charge in [-0.25, -0.2) is 9.38 Å². The fourth-order valence-electron chi connectivity index (χ4n) is 4.42. The molecule has 0 aromatic heterocycles. The maximum Gasteiger partial charge on any atom is 0.435 e. The van der Waals surface area contributed by atoms with Crippen LogP contribution in [0.3, 0.4) is 0 Å². The zero-order valence-corrected chi connectivity index (χ0v) is 21.6. The first-order valence-electron chi connectivity index (χ1n) is 11.6. The Morgan fingerprint density at radius 3 is 2.15 bits per heavy atom. The Morgan fingerprint density at radius 1 is 1.18 bits per heavy atom. The molecule has 1 aliphatic heterocycles. The number of allylic oxidation sites excluding steroid dienone is 1. The summed E-state index contributed by atoms with van der Waals surface area (Å²) in [6, 6.07) is 3.03. The maximum absolute atomic E-state index is 14.6. The molecule has 1 amide bonds. The molecule has 2 unspecified atom stereocenters. The van der Waals surface area contributed by atoms with E-state index in [-0.39, 0.29) is 27.5 Å². The van der Waals surface area contributed by atoms with Gasteiger partial charge < -0.3 is 10.7 Å². The highest BCUT2D eigenvalue weighted by Crippen LogP contribution is 2.53. The Morgan fingerprint density at radius 2 is 1.72 bits per heavy atom. The highest BCUT2D eigenvalue weighted by atomic mass is 35.5. The van der Waals surface area contributed by atoms with E-state index in [0.29, 0.717) is 30.5 Å². The zero-order valence-electron chi connectivity index (χ0n) is 20.9. The van der Waals surface area contributed by atoms with Crippen LogP contribution in [0.4, 0.5) is 36.4 Å². The molecule has 2 aliphatic rings. The number of hydrogen-bond donors (Lipinski definition) is 3. The fraction of sp³-hybridized carbons (Fsp3) is 0.440. The molecule has 1 aromatic rings. The van der Waals surface area contributed by atoms with Crippen molar-refractivity contribution in [2.75, 3.05) is 0 Å². The Hall–Kier alpha value is -3.24. The fourth-order valence-corrected chi connectivity index (χ4v) is 4.74. The van der Waals surface area contributed by atoms with E-state index >= 15 is 0 Å². The molecule has 0 bridgehead atoms. The molecule has 14 heteroatoms. The third-order valence-electron chi connectivity index (χ3n) is 6.89. The van der Waals surface area contributed by atoms with Gasteiger partial charge in [0, 0.05) is 46.5 Å². The van der Waals surface area contributed by atoms with Crippen molar-refractivity contribution in [1.29, 1.82) is 10.7 Å². The lowest BCUT2D eigenvalue weighted by Crippen LogP contribution is -2.72. The number of quaternary nitrogens is 1. The highest BCUT2D eigenvalue weighted by Gasteiger charge is 2.73. The van der Waals surface area contributed by atoms with E-state index in [1.807, 2.05) is 6.07 Å². The van der Waals surface area contributed by atoms with Gasteiger partial charge in [0.25, 0.3) is 5.91 Å². The van der Waals surface area contributed by atoms with Gasteiger partial charge in [0.15, 0.2) is 0 Å². The quantitative estimate of drug-likeness (QED) is 0.177. The maximum atomic E-state index is 14.6. The number of hydrogen-bond acceptors (Lipinski definition) is 4. The molecule has 0 saturated heterocycles. The number of halogens is 8. The van der Waals surface area contributed by atoms with Crippen molar-refractivity contribution in [2.45, 2.75) is 57.2 Å². The number of nitriles is 1. The van der Waals surface area contributed by atoms with Crippen molar-refractivity contribution in [3.8, 4) is 6.07 Å². The van der Waals surface area contributed by atoms with Crippen molar-refractivity contribution in [3.63, 3.8) is 0 Å². The summed E-state index contributed by atoms with van der Waals surface area (Å²) in [5, 5.41) is 21.1. The van der Waals surface area contributed by atoms with Crippen LogP contribution in [0.5, 0.6) is 0 Å². The molecule has 210 valence electrons. The summed E-state index contributed by atoms with van der Waals surface area (Å²) in [7, 11) is 0. The predicted molar refractivity (Wildman–Crippen MR) is 129 cm³/mol. The molecular weight excluding hydrogens is 555 g/mol. The first-order valence-corrected chi connectivity index (χ1v) is 12.0. The van der Waals surface area contributed by atoms with Crippen LogP contribution in [-0.4, -0.2) is 36.2 Å². The smallest absolute Gasteiger partial charge is 0.334 e. The van der Waals surface area contributed by atoms with E-state index in [9.17, 15) is 40.8 Å². The summed E-state index contributed by atoms with van der Waals surface area (Å²) in [5.41, 5.74) is -7.57. The minimum atomic E-state index is -6.23. The summed E-state index contributed by atoms with van der Waals surface area (Å²) < 4.78 is 93.9. The number of nitrogens with two attached hydrogens (primary N) is 1. The molecule has 0 radical (unpaired) electrons. The second-order valence-electron chi connectivity index (χ2n) is 9.60. The lowest BCUT2D eigenvalue weighted by molar-refractivity contribution is -0.498. The van der Waals surface area contributed by atoms with Crippen LogP contribution in [-0.2, 0) is 10.5 Å². The molecule has 1 saturated carbocycles. The number of aliphatic imine (C=N–C) groups is 1. The van der Waals surface area contributed by atoms with Gasteiger partial charge in [0.2, 0.25) is 0 Å². The molecule has 1 fully saturated rings. The SMILES string of the molecule is Cc1cc(C(F)(C(F)(F)F)C(F)(F)F)cc(C)c1[NH2+]C=C(C=N)C1C=NC(Cl)=C(C(=O)NC2(C#N)CC2)C1C. The molecule has 1 aliphatic carbocycles. The van der Waals surface area contributed by atoms with Crippen LogP contribution in [0, 0.1) is 42.4 Å². The Balaban J connectivity index is 1.90. The normalized spacial score (nSPS) is 21.4. The minimum absolute atomic E-state index is 0.0549. The standard InChI is InChI=1S/C25H23ClF7N5O/c1-12-6-16(23(27,24(28,29)30)25(31,32)33)7-13(2)19(12)36-9-15(8-34)17-10-37-20(26)18(14(17)3)21(39)38-22(11-35)4-5-22/h6-10,14,17,34,36H,4-5H2,1-3H3,(H,38,39)/p+1. The average Bonchev–Trinajstić information content (AvgIpc) is 3.59. The number of nitrogens with one attached hydrogen (secondary N) is 2. The van der Waals surface area contributed by atoms with Crippen molar-refractivity contribution in [1.82, 2.24) is 5.32 Å². The number of rotatable bonds is 7. The number of amides is 1. The minimum Gasteiger partial charge on any atom is -0.334 e. The summed E-state index contributed by atoms with van der Waals surface area (Å²) in [5.74, 6) is -1.82. The van der Waals surface area contributed by atoms with Crippen molar-refractivity contribution in [3.05, 3.63) is 51.3 Å². The van der Waals surface area contributed by atoms with Crippen LogP contribution < -0.4 is 10.6 Å². The Labute approximate surface area is 224 Å². The second-order valence-corrected chi connectivity index (χ2v) is 9.96. The van der Waals surface area contributed by atoms with Gasteiger partial charge in [-0.15, -0.1) is 0 Å². The second kappa shape index (κ2) is 10.4. The summed E-state index contributed by atoms with van der Waals surface area (Å²) in [4.78, 5) is 16.9. The largest absolute Gasteiger partial charge is 0.435 e. The number of aryl methyl sites for hydroxylation is 2. The number of benzene rings is 1. The van der Waals surface area contributed by atoms with Crippen LogP contribution in [0.15, 0.2) is 39.6 Å². The van der Waals surface area contributed by atoms with Crippen molar-refractivity contribution < 1.29 is 40.8 Å². The molecular formula is C25H24ClF7N5O+. The lowest BCUT2D eigenvalue weighted by atomic mass is 9.81. The number of nitrogens with zero attached hydrogens (tertiary/aromatic N) is 2. The number of carbonyl (C=O) groups is 1. The van der Waals surface area contributed by atoms with Gasteiger partial charge >= 0.3 is 18.0 Å². The summed E-state index contributed by atoms with van der Waals surface area (Å²) in [6.45, 7) is 4.15. The number of carbonyl (C=O) groups excluding carboxylic acids is 1. The molecule has 39 heavy (non-hydrogen) atoms.